The van der Waals surface area contributed by atoms with Gasteiger partial charge in [0.15, 0.2) is 0 Å². The van der Waals surface area contributed by atoms with Crippen molar-refractivity contribution in [3.8, 4) is 0 Å². The molecule has 0 fully saturated rings. The van der Waals surface area contributed by atoms with Crippen molar-refractivity contribution in [2.45, 2.75) is 6.43 Å². The van der Waals surface area contributed by atoms with Gasteiger partial charge in [-0.15, -0.1) is 0 Å². The fraction of sp³-hybridized carbons (Fsp3) is 0.143. The molecule has 0 atom stereocenters. The van der Waals surface area contributed by atoms with Crippen LogP contribution in [0.2, 0.25) is 0 Å². The van der Waals surface area contributed by atoms with Crippen LogP contribution in [-0.2, 0) is 0 Å². The van der Waals surface area contributed by atoms with Crippen LogP contribution >= 0.6 is 0 Å². The van der Waals surface area contributed by atoms with E-state index in [4.69, 9.17) is 5.73 Å². The maximum absolute atomic E-state index is 12.8. The van der Waals surface area contributed by atoms with Gasteiger partial charge in [0.2, 0.25) is 11.9 Å². The average Bonchev–Trinajstić information content (AvgIpc) is 2.01. The lowest BCUT2D eigenvalue weighted by Gasteiger charge is -2.05. The lowest BCUT2D eigenvalue weighted by molar-refractivity contribution is 0.0981. The highest BCUT2D eigenvalue weighted by atomic mass is 19.3. The van der Waals surface area contributed by atoms with E-state index in [-0.39, 0.29) is 0 Å². The van der Waals surface area contributed by atoms with Gasteiger partial charge in [0, 0.05) is 6.07 Å². The fourth-order valence-electron chi connectivity index (χ4n) is 0.956. The summed E-state index contributed by atoms with van der Waals surface area (Å²) in [7, 11) is 0. The van der Waals surface area contributed by atoms with Crippen molar-refractivity contribution in [2.75, 3.05) is 0 Å². The first-order valence-electron chi connectivity index (χ1n) is 3.44. The summed E-state index contributed by atoms with van der Waals surface area (Å²) < 4.78 is 37.2. The molecule has 3 N–H and O–H groups in total. The third-order valence-corrected chi connectivity index (χ3v) is 1.52. The average molecular weight is 206 g/mol. The number of nitrogens with two attached hydrogens (primary N) is 1. The largest absolute Gasteiger partial charge is 0.366 e. The number of halogens is 3. The Labute approximate surface area is 75.5 Å². The first-order chi connectivity index (χ1) is 6.43. The standard InChI is InChI=1S/C7H5F3N2O2/c8-5(9)4-2(7(11)14)1-3(13)12-6(4)10/h1,5H,(H2,11,14)(H,12,13). The molecule has 14 heavy (non-hydrogen) atoms. The first kappa shape index (κ1) is 10.3. The summed E-state index contributed by atoms with van der Waals surface area (Å²) in [6.07, 6.45) is -3.21. The Morgan fingerprint density at radius 2 is 2.07 bits per heavy atom. The van der Waals surface area contributed by atoms with Crippen molar-refractivity contribution in [2.24, 2.45) is 5.73 Å². The third-order valence-electron chi connectivity index (χ3n) is 1.52. The summed E-state index contributed by atoms with van der Waals surface area (Å²) in [6, 6.07) is 0.535. The summed E-state index contributed by atoms with van der Waals surface area (Å²) >= 11 is 0. The van der Waals surface area contributed by atoms with Gasteiger partial charge in [-0.05, 0) is 0 Å². The van der Waals surface area contributed by atoms with Gasteiger partial charge < -0.3 is 5.73 Å². The molecule has 0 saturated carbocycles. The molecule has 0 saturated heterocycles. The predicted octanol–water partition coefficient (Wildman–Crippen LogP) is 0.551. The third kappa shape index (κ3) is 1.76. The summed E-state index contributed by atoms with van der Waals surface area (Å²) in [5.41, 5.74) is 1.71. The Hall–Kier alpha value is -1.79. The molecular weight excluding hydrogens is 201 g/mol. The van der Waals surface area contributed by atoms with Gasteiger partial charge in [-0.25, -0.2) is 8.78 Å². The zero-order valence-corrected chi connectivity index (χ0v) is 6.68. The fourth-order valence-corrected chi connectivity index (χ4v) is 0.956. The SMILES string of the molecule is NC(=O)c1cc(=O)[nH]c(F)c1C(F)F. The smallest absolute Gasteiger partial charge is 0.268 e. The molecule has 1 heterocycles. The minimum absolute atomic E-state index is 0.535. The van der Waals surface area contributed by atoms with Crippen LogP contribution in [0, 0.1) is 5.95 Å². The van der Waals surface area contributed by atoms with Crippen molar-refractivity contribution in [3.63, 3.8) is 0 Å². The van der Waals surface area contributed by atoms with Crippen molar-refractivity contribution < 1.29 is 18.0 Å². The molecule has 0 unspecified atom stereocenters. The number of pyridine rings is 1. The van der Waals surface area contributed by atoms with Crippen molar-refractivity contribution in [1.29, 1.82) is 0 Å². The molecule has 4 nitrogen and oxygen atoms in total. The quantitative estimate of drug-likeness (QED) is 0.693. The van der Waals surface area contributed by atoms with E-state index in [0.717, 1.165) is 0 Å². The molecule has 0 aliphatic rings. The maximum Gasteiger partial charge on any atom is 0.268 e. The Balaban J connectivity index is 3.52. The molecule has 1 aromatic rings. The molecule has 0 spiro atoms. The number of aromatic amines is 1. The van der Waals surface area contributed by atoms with E-state index in [1.54, 1.807) is 0 Å². The zero-order valence-electron chi connectivity index (χ0n) is 6.68. The van der Waals surface area contributed by atoms with Crippen molar-refractivity contribution in [1.82, 2.24) is 4.98 Å². The summed E-state index contributed by atoms with van der Waals surface area (Å²) in [6.45, 7) is 0. The second-order valence-electron chi connectivity index (χ2n) is 2.44. The lowest BCUT2D eigenvalue weighted by Crippen LogP contribution is -2.21. The summed E-state index contributed by atoms with van der Waals surface area (Å²) in [5.74, 6) is -2.81. The highest BCUT2D eigenvalue weighted by molar-refractivity contribution is 5.94. The van der Waals surface area contributed by atoms with Crippen LogP contribution in [-0.4, -0.2) is 10.9 Å². The van der Waals surface area contributed by atoms with Crippen LogP contribution in [0.15, 0.2) is 10.9 Å². The molecule has 76 valence electrons. The number of amides is 1. The second-order valence-corrected chi connectivity index (χ2v) is 2.44. The molecule has 0 aliphatic heterocycles. The number of carbonyl (C=O) groups excluding carboxylic acids is 1. The molecule has 0 aromatic carbocycles. The minimum atomic E-state index is -3.21. The summed E-state index contributed by atoms with van der Waals surface area (Å²) in [4.78, 5) is 22.7. The maximum atomic E-state index is 12.8. The topological polar surface area (TPSA) is 76.0 Å². The number of primary amides is 1. The number of hydrogen-bond acceptors (Lipinski definition) is 2. The molecule has 1 rings (SSSR count). The predicted molar refractivity (Wildman–Crippen MR) is 40.5 cm³/mol. The van der Waals surface area contributed by atoms with E-state index in [9.17, 15) is 22.8 Å². The van der Waals surface area contributed by atoms with Crippen LogP contribution in [0.4, 0.5) is 13.2 Å². The van der Waals surface area contributed by atoms with Gasteiger partial charge in [-0.3, -0.25) is 14.6 Å². The molecular formula is C7H5F3N2O2. The van der Waals surface area contributed by atoms with Crippen LogP contribution in [0.1, 0.15) is 22.3 Å². The molecule has 0 aliphatic carbocycles. The second kappa shape index (κ2) is 3.52. The van der Waals surface area contributed by atoms with E-state index >= 15 is 0 Å². The Morgan fingerprint density at radius 1 is 1.50 bits per heavy atom. The van der Waals surface area contributed by atoms with E-state index < -0.39 is 35.0 Å². The number of carbonyl (C=O) groups is 1. The molecule has 1 amide bonds. The zero-order chi connectivity index (χ0) is 10.9. The van der Waals surface area contributed by atoms with E-state index in [1.165, 1.54) is 4.98 Å². The Morgan fingerprint density at radius 3 is 2.50 bits per heavy atom. The monoisotopic (exact) mass is 206 g/mol. The number of alkyl halides is 2. The highest BCUT2D eigenvalue weighted by Gasteiger charge is 2.22. The number of hydrogen-bond donors (Lipinski definition) is 2. The van der Waals surface area contributed by atoms with Gasteiger partial charge in [-0.1, -0.05) is 0 Å². The number of H-pyrrole nitrogens is 1. The minimum Gasteiger partial charge on any atom is -0.366 e. The Kier molecular flexibility index (Phi) is 2.59. The van der Waals surface area contributed by atoms with Crippen LogP contribution in [0.25, 0.3) is 0 Å². The molecule has 0 bridgehead atoms. The van der Waals surface area contributed by atoms with E-state index in [1.807, 2.05) is 0 Å². The molecule has 1 aromatic heterocycles. The van der Waals surface area contributed by atoms with Crippen molar-refractivity contribution >= 4 is 5.91 Å². The molecule has 0 radical (unpaired) electrons. The van der Waals surface area contributed by atoms with E-state index in [0.29, 0.717) is 6.07 Å². The normalized spacial score (nSPS) is 10.6. The van der Waals surface area contributed by atoms with Crippen LogP contribution in [0.5, 0.6) is 0 Å². The highest BCUT2D eigenvalue weighted by Crippen LogP contribution is 2.23. The number of nitrogens with one attached hydrogen (secondary N) is 1. The number of aromatic nitrogens is 1. The van der Waals surface area contributed by atoms with Crippen molar-refractivity contribution in [3.05, 3.63) is 33.5 Å². The van der Waals surface area contributed by atoms with Crippen LogP contribution < -0.4 is 11.3 Å². The Bertz CT molecular complexity index is 427. The van der Waals surface area contributed by atoms with Gasteiger partial charge in [0.25, 0.3) is 12.0 Å². The molecule has 7 heteroatoms. The lowest BCUT2D eigenvalue weighted by atomic mass is 10.1. The van der Waals surface area contributed by atoms with Gasteiger partial charge >= 0.3 is 0 Å². The van der Waals surface area contributed by atoms with Crippen LogP contribution in [0.3, 0.4) is 0 Å². The van der Waals surface area contributed by atoms with Gasteiger partial charge in [-0.2, -0.15) is 4.39 Å². The number of rotatable bonds is 2. The first-order valence-corrected chi connectivity index (χ1v) is 3.44. The van der Waals surface area contributed by atoms with Gasteiger partial charge in [0.1, 0.15) is 0 Å². The van der Waals surface area contributed by atoms with E-state index in [2.05, 4.69) is 0 Å². The summed E-state index contributed by atoms with van der Waals surface area (Å²) in [5, 5.41) is 0. The van der Waals surface area contributed by atoms with Gasteiger partial charge in [0.05, 0.1) is 11.1 Å².